The summed E-state index contributed by atoms with van der Waals surface area (Å²) in [6.07, 6.45) is 3.35. The first-order chi connectivity index (χ1) is 21.2. The molecular weight excluding hydrogens is 550 g/mol. The van der Waals surface area contributed by atoms with Gasteiger partial charge in [0.15, 0.2) is 0 Å². The monoisotopic (exact) mass is 589 g/mol. The molecule has 7 nitrogen and oxygen atoms in total. The summed E-state index contributed by atoms with van der Waals surface area (Å²) in [5.74, 6) is 0.844. The average molecular weight is 590 g/mol. The van der Waals surface area contributed by atoms with Gasteiger partial charge < -0.3 is 9.84 Å². The zero-order valence-electron chi connectivity index (χ0n) is 25.9. The number of fused-ring (bicyclic) bond motifs is 1. The van der Waals surface area contributed by atoms with E-state index in [9.17, 15) is 14.7 Å². The Balaban J connectivity index is 1.52. The van der Waals surface area contributed by atoms with Crippen LogP contribution in [-0.4, -0.2) is 21.3 Å². The van der Waals surface area contributed by atoms with Gasteiger partial charge in [0.2, 0.25) is 0 Å². The van der Waals surface area contributed by atoms with Crippen LogP contribution < -0.4 is 9.67 Å². The number of hydrogen-bond acceptors (Lipinski definition) is 5. The third kappa shape index (κ3) is 5.30. The normalized spacial score (nSPS) is 20.0. The van der Waals surface area contributed by atoms with E-state index in [0.29, 0.717) is 43.8 Å². The first kappa shape index (κ1) is 29.7. The van der Waals surface area contributed by atoms with E-state index in [-0.39, 0.29) is 36.1 Å². The van der Waals surface area contributed by atoms with Gasteiger partial charge in [0.25, 0.3) is 5.82 Å². The highest BCUT2D eigenvalue weighted by Crippen LogP contribution is 2.38. The molecule has 226 valence electrons. The van der Waals surface area contributed by atoms with Gasteiger partial charge in [-0.1, -0.05) is 89.1 Å². The number of nitrogens with zero attached hydrogens (tertiary/aromatic N) is 3. The maximum Gasteiger partial charge on any atom is 0.304 e. The van der Waals surface area contributed by atoms with Crippen molar-refractivity contribution < 1.29 is 24.0 Å². The van der Waals surface area contributed by atoms with E-state index < -0.39 is 5.41 Å². The zero-order valence-corrected chi connectivity index (χ0v) is 25.9. The van der Waals surface area contributed by atoms with Crippen LogP contribution >= 0.6 is 0 Å². The van der Waals surface area contributed by atoms with Crippen molar-refractivity contribution in [3.63, 3.8) is 0 Å². The predicted molar refractivity (Wildman–Crippen MR) is 166 cm³/mol. The summed E-state index contributed by atoms with van der Waals surface area (Å²) in [4.78, 5) is 25.6. The second-order valence-electron chi connectivity index (χ2n) is 12.4. The Morgan fingerprint density at radius 1 is 0.977 bits per heavy atom. The van der Waals surface area contributed by atoms with Crippen molar-refractivity contribution in [2.45, 2.75) is 78.6 Å². The van der Waals surface area contributed by atoms with E-state index in [2.05, 4.69) is 43.3 Å². The second-order valence-corrected chi connectivity index (χ2v) is 12.4. The number of allylic oxidation sites excluding steroid dienone is 1. The summed E-state index contributed by atoms with van der Waals surface area (Å²) in [5.41, 5.74) is 5.01. The summed E-state index contributed by atoms with van der Waals surface area (Å²) < 4.78 is 10.4. The maximum absolute atomic E-state index is 14.4. The predicted octanol–water partition coefficient (Wildman–Crippen LogP) is 5.76. The van der Waals surface area contributed by atoms with Crippen LogP contribution in [0.15, 0.2) is 78.9 Å². The highest BCUT2D eigenvalue weighted by Gasteiger charge is 2.44. The third-order valence-corrected chi connectivity index (χ3v) is 9.23. The molecule has 1 fully saturated rings. The van der Waals surface area contributed by atoms with Crippen molar-refractivity contribution in [2.75, 3.05) is 0 Å². The van der Waals surface area contributed by atoms with Crippen molar-refractivity contribution in [1.29, 1.82) is 0 Å². The molecular formula is C37H39N3O4. The van der Waals surface area contributed by atoms with Crippen LogP contribution in [0.3, 0.4) is 0 Å². The van der Waals surface area contributed by atoms with Crippen molar-refractivity contribution in [1.82, 2.24) is 9.78 Å². The van der Waals surface area contributed by atoms with Crippen LogP contribution in [0.5, 0.6) is 0 Å². The molecule has 0 N–H and O–H groups in total. The van der Waals surface area contributed by atoms with Crippen molar-refractivity contribution >= 4 is 17.3 Å². The van der Waals surface area contributed by atoms with Gasteiger partial charge in [-0.3, -0.25) is 9.59 Å². The molecule has 1 saturated carbocycles. The van der Waals surface area contributed by atoms with Crippen molar-refractivity contribution in [2.24, 2.45) is 5.41 Å². The van der Waals surface area contributed by atoms with Gasteiger partial charge in [-0.2, -0.15) is 0 Å². The molecule has 2 aliphatic rings. The number of Topliss-reactive ketones (excluding diaryl/α,β-unsaturated/α-hetero) is 2. The molecule has 1 aliphatic heterocycles. The van der Waals surface area contributed by atoms with E-state index >= 15 is 0 Å². The summed E-state index contributed by atoms with van der Waals surface area (Å²) in [6.45, 7) is 8.11. The molecule has 0 spiro atoms. The smallest absolute Gasteiger partial charge is 0.304 e. The quantitative estimate of drug-likeness (QED) is 0.156. The Labute approximate surface area is 258 Å². The molecule has 2 heterocycles. The fourth-order valence-corrected chi connectivity index (χ4v) is 6.98. The maximum atomic E-state index is 14.4. The summed E-state index contributed by atoms with van der Waals surface area (Å²) in [6, 6.07) is 24.0. The minimum atomic E-state index is -1.04. The minimum Gasteiger partial charge on any atom is -0.868 e. The topological polar surface area (TPSA) is 88.1 Å². The Bertz CT molecular complexity index is 1700. The van der Waals surface area contributed by atoms with E-state index in [0.717, 1.165) is 33.5 Å². The summed E-state index contributed by atoms with van der Waals surface area (Å²) >= 11 is 0. The van der Waals surface area contributed by atoms with Crippen LogP contribution in [0, 0.1) is 26.2 Å². The van der Waals surface area contributed by atoms with Gasteiger partial charge in [-0.05, 0) is 75.0 Å². The average Bonchev–Trinajstić information content (AvgIpc) is 3.39. The molecule has 1 aromatic heterocycles. The first-order valence-corrected chi connectivity index (χ1v) is 15.5. The lowest BCUT2D eigenvalue weighted by Crippen LogP contribution is -2.53. The molecule has 6 rings (SSSR count). The molecule has 44 heavy (non-hydrogen) atoms. The van der Waals surface area contributed by atoms with E-state index in [4.69, 9.17) is 9.84 Å². The number of rotatable bonds is 7. The lowest BCUT2D eigenvalue weighted by atomic mass is 9.71. The molecule has 0 unspecified atom stereocenters. The zero-order chi connectivity index (χ0) is 31.0. The Kier molecular flexibility index (Phi) is 8.08. The van der Waals surface area contributed by atoms with Crippen LogP contribution in [0.25, 0.3) is 11.4 Å². The number of aryl methyl sites for hydroxylation is 3. The number of ketones is 2. The van der Waals surface area contributed by atoms with Gasteiger partial charge in [0.05, 0.1) is 5.41 Å². The van der Waals surface area contributed by atoms with Crippen molar-refractivity contribution in [3.05, 3.63) is 118 Å². The van der Waals surface area contributed by atoms with E-state index in [1.807, 2.05) is 54.8 Å². The summed E-state index contributed by atoms with van der Waals surface area (Å²) in [7, 11) is 0. The highest BCUT2D eigenvalue weighted by molar-refractivity contribution is 6.08. The summed E-state index contributed by atoms with van der Waals surface area (Å²) in [5, 5.41) is 19.5. The molecule has 0 bridgehead atoms. The van der Waals surface area contributed by atoms with E-state index in [1.54, 1.807) is 17.7 Å². The molecule has 2 atom stereocenters. The van der Waals surface area contributed by atoms with Crippen LogP contribution in [0.2, 0.25) is 0 Å². The fraction of sp³-hybridized carbons (Fsp3) is 0.351. The molecule has 7 heteroatoms. The lowest BCUT2D eigenvalue weighted by Gasteiger charge is -2.32. The molecule has 0 saturated heterocycles. The fourth-order valence-electron chi connectivity index (χ4n) is 6.98. The van der Waals surface area contributed by atoms with Gasteiger partial charge in [-0.15, -0.1) is 0 Å². The van der Waals surface area contributed by atoms with Crippen molar-refractivity contribution in [3.8, 4) is 5.69 Å². The Hall–Kier alpha value is -4.36. The minimum absolute atomic E-state index is 0.0238. The molecule has 4 aromatic rings. The number of hydrogen-bond donors (Lipinski definition) is 0. The third-order valence-electron chi connectivity index (χ3n) is 9.23. The number of aromatic nitrogens is 3. The Morgan fingerprint density at radius 2 is 1.57 bits per heavy atom. The highest BCUT2D eigenvalue weighted by atomic mass is 16.5. The number of ether oxygens (including phenoxy) is 1. The van der Waals surface area contributed by atoms with Gasteiger partial charge >= 0.3 is 5.82 Å². The first-order valence-electron chi connectivity index (χ1n) is 15.5. The van der Waals surface area contributed by atoms with E-state index in [1.165, 1.54) is 0 Å². The molecule has 1 aliphatic carbocycles. The molecule has 3 aromatic carbocycles. The lowest BCUT2D eigenvalue weighted by molar-refractivity contribution is -0.746. The van der Waals surface area contributed by atoms with Crippen LogP contribution in [0.1, 0.15) is 90.6 Å². The molecule has 0 radical (unpaired) electrons. The number of carbonyl (C=O) groups is 2. The molecule has 0 amide bonds. The largest absolute Gasteiger partial charge is 0.868 e. The van der Waals surface area contributed by atoms with Gasteiger partial charge in [0.1, 0.15) is 36.0 Å². The Morgan fingerprint density at radius 3 is 2.18 bits per heavy atom. The van der Waals surface area contributed by atoms with Gasteiger partial charge in [0, 0.05) is 17.9 Å². The van der Waals surface area contributed by atoms with Crippen LogP contribution in [-0.2, 0) is 20.9 Å². The number of benzene rings is 3. The standard InChI is InChI=1S/C37H39N3O4/c1-24-21-25(2)33(26(3)22-24)40-36(29(41)17-12-20-37(4)30(42)18-11-19-31(37)43)39-32(38-40)23-44-35(28-15-9-6-10-16-28)34(39)27-13-7-5-8-14-27/h5-10,13-17,21-22,34-35H,11-12,18-20,23H2,1-4H3/b29-17+/t34-,35+/m0/s1. The second kappa shape index (κ2) is 12.0. The number of carbonyl (C=O) groups excluding carboxylic acids is 2. The SMILES string of the molecule is Cc1cc(C)c(-n2nc3[n+](c2/C([O-])=C\CCC2(C)C(=O)CCCC2=O)[C@@H](c2ccccc2)[C@@H](c2ccccc2)OC3)c(C)c1. The van der Waals surface area contributed by atoms with Crippen LogP contribution in [0.4, 0.5) is 0 Å². The van der Waals surface area contributed by atoms with Gasteiger partial charge in [-0.25, -0.2) is 4.57 Å².